The number of nitrogens with zero attached hydrogens (tertiary/aromatic N) is 3. The lowest BCUT2D eigenvalue weighted by Crippen LogP contribution is -2.16. The molecule has 7 nitrogen and oxygen atoms in total. The lowest BCUT2D eigenvalue weighted by atomic mass is 10.2. The van der Waals surface area contributed by atoms with Crippen molar-refractivity contribution in [1.82, 2.24) is 14.5 Å². The molecule has 0 spiro atoms. The van der Waals surface area contributed by atoms with Crippen LogP contribution in [0, 0.1) is 0 Å². The van der Waals surface area contributed by atoms with Gasteiger partial charge in [-0.1, -0.05) is 12.8 Å². The Morgan fingerprint density at radius 2 is 2.19 bits per heavy atom. The Balaban J connectivity index is 1.72. The van der Waals surface area contributed by atoms with Crippen molar-refractivity contribution in [2.24, 2.45) is 0 Å². The van der Waals surface area contributed by atoms with Crippen LogP contribution in [0.5, 0.6) is 0 Å². The van der Waals surface area contributed by atoms with Gasteiger partial charge in [-0.05, 0) is 49.1 Å². The third-order valence-electron chi connectivity index (χ3n) is 4.77. The Hall–Kier alpha value is -0.630. The zero-order valence-corrected chi connectivity index (χ0v) is 17.8. The summed E-state index contributed by atoms with van der Waals surface area (Å²) in [4.78, 5) is 26.8. The highest BCUT2D eigenvalue weighted by Gasteiger charge is 2.20. The molecule has 0 amide bonds. The maximum absolute atomic E-state index is 8.97. The van der Waals surface area contributed by atoms with E-state index < -0.39 is 8.38 Å². The first-order valence-corrected chi connectivity index (χ1v) is 12.1. The molecule has 1 atom stereocenters. The maximum atomic E-state index is 8.97. The zero-order chi connectivity index (χ0) is 19.2. The number of ether oxygens (including phenoxy) is 1. The minimum absolute atomic E-state index is 0.154. The number of methoxy groups -OCH3 is 1. The fourth-order valence-electron chi connectivity index (χ4n) is 3.49. The molecular weight excluding hydrogens is 407 g/mol. The van der Waals surface area contributed by atoms with Crippen molar-refractivity contribution in [1.29, 1.82) is 0 Å². The molecule has 1 saturated carbocycles. The van der Waals surface area contributed by atoms with Crippen LogP contribution in [0.1, 0.15) is 44.8 Å². The number of hydrogen-bond donors (Lipinski definition) is 3. The number of anilines is 1. The van der Waals surface area contributed by atoms with Crippen LogP contribution in [0.4, 0.5) is 5.82 Å². The Labute approximate surface area is 169 Å². The molecule has 0 aromatic carbocycles. The van der Waals surface area contributed by atoms with E-state index in [9.17, 15) is 0 Å². The Kier molecular flexibility index (Phi) is 7.99. The van der Waals surface area contributed by atoms with Crippen molar-refractivity contribution in [2.75, 3.05) is 23.7 Å². The number of hydrogen-bond acceptors (Lipinski definition) is 7. The van der Waals surface area contributed by atoms with Crippen molar-refractivity contribution in [3.05, 3.63) is 17.5 Å². The third kappa shape index (κ3) is 5.68. The second kappa shape index (κ2) is 10.2. The smallest absolute Gasteiger partial charge is 0.226 e. The number of rotatable bonds is 10. The van der Waals surface area contributed by atoms with Crippen molar-refractivity contribution in [2.45, 2.75) is 50.8 Å². The number of nitrogens with one attached hydrogen (secondary N) is 1. The number of aromatic nitrogens is 3. The van der Waals surface area contributed by atoms with E-state index in [0.29, 0.717) is 11.5 Å². The topological polar surface area (TPSA) is 92.4 Å². The molecule has 0 aliphatic heterocycles. The molecule has 0 saturated heterocycles. The Bertz CT molecular complexity index is 742. The van der Waals surface area contributed by atoms with Gasteiger partial charge in [0.05, 0.1) is 10.9 Å². The van der Waals surface area contributed by atoms with Gasteiger partial charge < -0.3 is 24.4 Å². The van der Waals surface area contributed by atoms with Crippen LogP contribution in [0.15, 0.2) is 12.3 Å². The first-order chi connectivity index (χ1) is 13.1. The van der Waals surface area contributed by atoms with E-state index in [1.165, 1.54) is 12.8 Å². The highest BCUT2D eigenvalue weighted by molar-refractivity contribution is 8.03. The summed E-state index contributed by atoms with van der Waals surface area (Å²) in [6, 6.07) is 2.45. The van der Waals surface area contributed by atoms with Crippen molar-refractivity contribution in [3.63, 3.8) is 0 Å². The first-order valence-electron chi connectivity index (χ1n) is 9.15. The Morgan fingerprint density at radius 1 is 1.41 bits per heavy atom. The summed E-state index contributed by atoms with van der Waals surface area (Å²) in [7, 11) is -0.136. The molecule has 3 rings (SSSR count). The number of halogens is 1. The van der Waals surface area contributed by atoms with E-state index in [0.717, 1.165) is 48.3 Å². The normalized spacial score (nSPS) is 16.5. The molecule has 1 fully saturated rings. The van der Waals surface area contributed by atoms with Gasteiger partial charge in [0.2, 0.25) is 5.28 Å². The van der Waals surface area contributed by atoms with Crippen LogP contribution in [0.2, 0.25) is 5.28 Å². The molecule has 0 radical (unpaired) electrons. The predicted octanol–water partition coefficient (Wildman–Crippen LogP) is 4.35. The van der Waals surface area contributed by atoms with Gasteiger partial charge in [0.15, 0.2) is 8.38 Å². The van der Waals surface area contributed by atoms with Crippen LogP contribution in [-0.2, 0) is 4.74 Å². The van der Waals surface area contributed by atoms with Crippen molar-refractivity contribution < 1.29 is 14.5 Å². The minimum Gasteiger partial charge on any atom is -0.367 e. The fourth-order valence-corrected chi connectivity index (χ4v) is 5.19. The van der Waals surface area contributed by atoms with Gasteiger partial charge >= 0.3 is 0 Å². The van der Waals surface area contributed by atoms with E-state index >= 15 is 0 Å². The second-order valence-corrected chi connectivity index (χ2v) is 9.60. The van der Waals surface area contributed by atoms with Crippen LogP contribution >= 0.6 is 31.7 Å². The summed E-state index contributed by atoms with van der Waals surface area (Å²) in [5, 5.41) is 4.71. The van der Waals surface area contributed by atoms with Gasteiger partial charge in [0.25, 0.3) is 0 Å². The van der Waals surface area contributed by atoms with Crippen molar-refractivity contribution in [3.8, 4) is 0 Å². The zero-order valence-electron chi connectivity index (χ0n) is 15.3. The maximum Gasteiger partial charge on any atom is 0.226 e. The molecule has 1 unspecified atom stereocenters. The Morgan fingerprint density at radius 3 is 2.89 bits per heavy atom. The average molecular weight is 433 g/mol. The standard InChI is InChI=1S/C17H26ClN4O3PS/c1-25-14(7-4-10-27-11-26(23)24)22-9-8-13-15(19-12-5-2-3-6-12)20-17(18)21-16(13)22/h8-9,12,14,23-24H,2-7,10-11H2,1H3,(H,19,20,21). The summed E-state index contributed by atoms with van der Waals surface area (Å²) < 4.78 is 7.68. The largest absolute Gasteiger partial charge is 0.367 e. The highest BCUT2D eigenvalue weighted by atomic mass is 35.5. The molecule has 3 N–H and O–H groups in total. The van der Waals surface area contributed by atoms with Crippen LogP contribution in [0.3, 0.4) is 0 Å². The molecule has 2 aromatic rings. The molecule has 2 aromatic heterocycles. The number of fused-ring (bicyclic) bond motifs is 1. The molecule has 2 heterocycles. The average Bonchev–Trinajstić information content (AvgIpc) is 3.28. The summed E-state index contributed by atoms with van der Waals surface area (Å²) in [6.45, 7) is 0. The second-order valence-electron chi connectivity index (χ2n) is 6.67. The van der Waals surface area contributed by atoms with Crippen LogP contribution in [0.25, 0.3) is 11.0 Å². The molecule has 10 heteroatoms. The molecule has 1 aliphatic carbocycles. The summed E-state index contributed by atoms with van der Waals surface area (Å²) >= 11 is 7.74. The monoisotopic (exact) mass is 432 g/mol. The molecule has 150 valence electrons. The van der Waals surface area contributed by atoms with E-state index in [1.54, 1.807) is 18.9 Å². The van der Waals surface area contributed by atoms with Gasteiger partial charge in [0, 0.05) is 19.3 Å². The lowest BCUT2D eigenvalue weighted by Gasteiger charge is -2.19. The first kappa shape index (κ1) is 21.1. The predicted molar refractivity (Wildman–Crippen MR) is 112 cm³/mol. The van der Waals surface area contributed by atoms with Crippen LogP contribution in [-0.4, -0.2) is 48.7 Å². The van der Waals surface area contributed by atoms with E-state index in [-0.39, 0.29) is 11.5 Å². The molecule has 1 aliphatic rings. The fraction of sp³-hybridized carbons (Fsp3) is 0.647. The molecule has 0 bridgehead atoms. The van der Waals surface area contributed by atoms with E-state index in [1.807, 2.05) is 16.8 Å². The summed E-state index contributed by atoms with van der Waals surface area (Å²) in [5.41, 5.74) is 1.16. The summed E-state index contributed by atoms with van der Waals surface area (Å²) in [5.74, 6) is 1.64. The molecular formula is C17H26ClN4O3PS. The van der Waals surface area contributed by atoms with Gasteiger partial charge in [-0.3, -0.25) is 0 Å². The van der Waals surface area contributed by atoms with Crippen LogP contribution < -0.4 is 5.32 Å². The third-order valence-corrected chi connectivity index (χ3v) is 7.17. The van der Waals surface area contributed by atoms with E-state index in [2.05, 4.69) is 15.3 Å². The number of thioether (sulfide) groups is 1. The minimum atomic E-state index is -1.82. The van der Waals surface area contributed by atoms with Gasteiger partial charge in [-0.2, -0.15) is 16.7 Å². The van der Waals surface area contributed by atoms with Gasteiger partial charge in [0.1, 0.15) is 17.7 Å². The highest BCUT2D eigenvalue weighted by Crippen LogP contribution is 2.32. The lowest BCUT2D eigenvalue weighted by molar-refractivity contribution is 0.0398. The summed E-state index contributed by atoms with van der Waals surface area (Å²) in [6.07, 6.45) is 8.33. The SMILES string of the molecule is COC(CCCSCP(O)O)n1ccc2c(NC3CCCC3)nc(Cl)nc21. The van der Waals surface area contributed by atoms with E-state index in [4.69, 9.17) is 26.1 Å². The van der Waals surface area contributed by atoms with Gasteiger partial charge in [-0.25, -0.2) is 4.98 Å². The van der Waals surface area contributed by atoms with Gasteiger partial charge in [-0.15, -0.1) is 0 Å². The van der Waals surface area contributed by atoms with Crippen molar-refractivity contribution >= 4 is 48.6 Å². The quantitative estimate of drug-likeness (QED) is 0.292. The molecule has 27 heavy (non-hydrogen) atoms.